The van der Waals surface area contributed by atoms with Gasteiger partial charge in [-0.3, -0.25) is 0 Å². The number of hydrogen-bond acceptors (Lipinski definition) is 3. The Morgan fingerprint density at radius 2 is 1.93 bits per heavy atom. The molecular weight excluding hydrogens is 194 g/mol. The Morgan fingerprint density at radius 1 is 1.00 bits per heavy atom. The molecule has 0 aromatic rings. The Hall–Kier alpha value is 0.270. The Labute approximate surface area is 91.2 Å². The molecule has 0 amide bonds. The second-order valence-corrected chi connectivity index (χ2v) is 5.47. The van der Waals surface area contributed by atoms with Crippen LogP contribution in [0.15, 0.2) is 0 Å². The number of ether oxygens (including phenoxy) is 1. The van der Waals surface area contributed by atoms with Gasteiger partial charge in [0.15, 0.2) is 0 Å². The van der Waals surface area contributed by atoms with Gasteiger partial charge in [0.2, 0.25) is 0 Å². The fourth-order valence-electron chi connectivity index (χ4n) is 2.28. The minimum atomic E-state index is 0.723. The van der Waals surface area contributed by atoms with Gasteiger partial charge < -0.3 is 10.1 Å². The number of nitrogens with one attached hydrogen (secondary N) is 1. The largest absolute Gasteiger partial charge is 0.381 e. The molecule has 2 nitrogen and oxygen atoms in total. The van der Waals surface area contributed by atoms with Crippen molar-refractivity contribution >= 4 is 11.8 Å². The monoisotopic (exact) mass is 215 g/mol. The number of thioether (sulfide) groups is 1. The summed E-state index contributed by atoms with van der Waals surface area (Å²) in [4.78, 5) is 0. The third-order valence-corrected chi connectivity index (χ3v) is 4.30. The predicted octanol–water partition coefficient (Wildman–Crippen LogP) is 2.04. The summed E-state index contributed by atoms with van der Waals surface area (Å²) in [5.74, 6) is 2.68. The first-order chi connectivity index (χ1) is 6.95. The van der Waals surface area contributed by atoms with E-state index in [2.05, 4.69) is 17.1 Å². The van der Waals surface area contributed by atoms with E-state index in [-0.39, 0.29) is 0 Å². The third-order valence-electron chi connectivity index (χ3n) is 3.08. The normalized spacial score (nSPS) is 35.1. The van der Waals surface area contributed by atoms with Crippen LogP contribution in [0.1, 0.15) is 32.1 Å². The van der Waals surface area contributed by atoms with E-state index in [1.807, 2.05) is 0 Å². The summed E-state index contributed by atoms with van der Waals surface area (Å²) in [6.45, 7) is 1.93. The van der Waals surface area contributed by atoms with E-state index in [1.54, 1.807) is 0 Å². The van der Waals surface area contributed by atoms with Crippen LogP contribution in [-0.4, -0.2) is 36.8 Å². The molecule has 0 aliphatic carbocycles. The average Bonchev–Trinajstić information content (AvgIpc) is 2.48. The van der Waals surface area contributed by atoms with E-state index in [4.69, 9.17) is 4.74 Å². The minimum absolute atomic E-state index is 0.723. The van der Waals surface area contributed by atoms with Crippen LogP contribution in [0, 0.1) is 0 Å². The van der Waals surface area contributed by atoms with Crippen LogP contribution in [-0.2, 0) is 4.74 Å². The lowest BCUT2D eigenvalue weighted by molar-refractivity contribution is 0.142. The highest BCUT2D eigenvalue weighted by atomic mass is 32.2. The SMILES string of the molecule is C1COCCC(NC2CCCSC2)C1. The summed E-state index contributed by atoms with van der Waals surface area (Å²) in [6.07, 6.45) is 6.52. The van der Waals surface area contributed by atoms with Gasteiger partial charge >= 0.3 is 0 Å². The molecule has 2 rings (SSSR count). The Morgan fingerprint density at radius 3 is 2.79 bits per heavy atom. The maximum absolute atomic E-state index is 5.47. The molecule has 1 N–H and O–H groups in total. The van der Waals surface area contributed by atoms with Crippen molar-refractivity contribution in [1.82, 2.24) is 5.32 Å². The zero-order valence-electron chi connectivity index (χ0n) is 8.84. The van der Waals surface area contributed by atoms with Crippen LogP contribution in [0.4, 0.5) is 0 Å². The van der Waals surface area contributed by atoms with Crippen molar-refractivity contribution in [3.63, 3.8) is 0 Å². The van der Waals surface area contributed by atoms with E-state index in [0.29, 0.717) is 0 Å². The van der Waals surface area contributed by atoms with Gasteiger partial charge in [0.1, 0.15) is 0 Å². The molecule has 0 radical (unpaired) electrons. The van der Waals surface area contributed by atoms with Crippen molar-refractivity contribution in [2.24, 2.45) is 0 Å². The van der Waals surface area contributed by atoms with Crippen LogP contribution in [0.25, 0.3) is 0 Å². The standard InChI is InChI=1S/C11H21NOS/c1-3-10(5-7-13-6-1)12-11-4-2-8-14-9-11/h10-12H,1-9H2. The molecule has 0 bridgehead atoms. The van der Waals surface area contributed by atoms with Crippen LogP contribution >= 0.6 is 11.8 Å². The van der Waals surface area contributed by atoms with Gasteiger partial charge in [-0.2, -0.15) is 11.8 Å². The smallest absolute Gasteiger partial charge is 0.0480 e. The molecule has 2 atom stereocenters. The van der Waals surface area contributed by atoms with Crippen molar-refractivity contribution in [2.45, 2.75) is 44.2 Å². The lowest BCUT2D eigenvalue weighted by Crippen LogP contribution is -2.41. The minimum Gasteiger partial charge on any atom is -0.381 e. The molecule has 2 fully saturated rings. The molecule has 2 aliphatic rings. The lowest BCUT2D eigenvalue weighted by atomic mass is 10.1. The van der Waals surface area contributed by atoms with Gasteiger partial charge in [-0.05, 0) is 37.9 Å². The molecule has 2 heterocycles. The zero-order valence-corrected chi connectivity index (χ0v) is 9.65. The van der Waals surface area contributed by atoms with Gasteiger partial charge in [0, 0.05) is 31.1 Å². The molecule has 0 aromatic carbocycles. The van der Waals surface area contributed by atoms with Crippen molar-refractivity contribution in [3.05, 3.63) is 0 Å². The van der Waals surface area contributed by atoms with Gasteiger partial charge in [0.25, 0.3) is 0 Å². The molecule has 14 heavy (non-hydrogen) atoms. The van der Waals surface area contributed by atoms with Crippen molar-refractivity contribution in [2.75, 3.05) is 24.7 Å². The molecule has 2 aliphatic heterocycles. The summed E-state index contributed by atoms with van der Waals surface area (Å²) in [5, 5.41) is 3.80. The molecule has 0 saturated carbocycles. The fraction of sp³-hybridized carbons (Fsp3) is 1.00. The van der Waals surface area contributed by atoms with E-state index < -0.39 is 0 Å². The first-order valence-corrected chi connectivity index (χ1v) is 7.02. The van der Waals surface area contributed by atoms with Gasteiger partial charge in [-0.15, -0.1) is 0 Å². The van der Waals surface area contributed by atoms with Gasteiger partial charge in [-0.25, -0.2) is 0 Å². The second kappa shape index (κ2) is 5.99. The zero-order chi connectivity index (χ0) is 9.64. The third kappa shape index (κ3) is 3.44. The van der Waals surface area contributed by atoms with E-state index in [9.17, 15) is 0 Å². The second-order valence-electron chi connectivity index (χ2n) is 4.32. The molecule has 2 saturated heterocycles. The van der Waals surface area contributed by atoms with Crippen LogP contribution in [0.5, 0.6) is 0 Å². The molecule has 3 heteroatoms. The summed E-state index contributed by atoms with van der Waals surface area (Å²) < 4.78 is 5.47. The van der Waals surface area contributed by atoms with Crippen molar-refractivity contribution in [3.8, 4) is 0 Å². The highest BCUT2D eigenvalue weighted by molar-refractivity contribution is 7.99. The Bertz CT molecular complexity index is 151. The topological polar surface area (TPSA) is 21.3 Å². The molecule has 82 valence electrons. The molecule has 0 aromatic heterocycles. The summed E-state index contributed by atoms with van der Waals surface area (Å²) in [6, 6.07) is 1.50. The Kier molecular flexibility index (Phi) is 4.61. The van der Waals surface area contributed by atoms with Gasteiger partial charge in [0.05, 0.1) is 0 Å². The van der Waals surface area contributed by atoms with Crippen molar-refractivity contribution < 1.29 is 4.74 Å². The highest BCUT2D eigenvalue weighted by Crippen LogP contribution is 2.19. The number of rotatable bonds is 2. The quantitative estimate of drug-likeness (QED) is 0.761. The van der Waals surface area contributed by atoms with E-state index in [0.717, 1.165) is 25.3 Å². The first kappa shape index (κ1) is 10.8. The van der Waals surface area contributed by atoms with Crippen LogP contribution in [0.2, 0.25) is 0 Å². The van der Waals surface area contributed by atoms with Crippen LogP contribution in [0.3, 0.4) is 0 Å². The average molecular weight is 215 g/mol. The molecule has 0 spiro atoms. The number of hydrogen-bond donors (Lipinski definition) is 1. The van der Waals surface area contributed by atoms with E-state index >= 15 is 0 Å². The summed E-state index contributed by atoms with van der Waals surface area (Å²) in [7, 11) is 0. The summed E-state index contributed by atoms with van der Waals surface area (Å²) in [5.41, 5.74) is 0. The molecular formula is C11H21NOS. The van der Waals surface area contributed by atoms with E-state index in [1.165, 1.54) is 43.6 Å². The van der Waals surface area contributed by atoms with Crippen LogP contribution < -0.4 is 5.32 Å². The predicted molar refractivity (Wildman–Crippen MR) is 61.9 cm³/mol. The Balaban J connectivity index is 1.71. The maximum atomic E-state index is 5.47. The van der Waals surface area contributed by atoms with Gasteiger partial charge in [-0.1, -0.05) is 0 Å². The molecule has 2 unspecified atom stereocenters. The maximum Gasteiger partial charge on any atom is 0.0480 e. The van der Waals surface area contributed by atoms with Crippen molar-refractivity contribution in [1.29, 1.82) is 0 Å². The fourth-order valence-corrected chi connectivity index (χ4v) is 3.36. The lowest BCUT2D eigenvalue weighted by Gasteiger charge is -2.27. The highest BCUT2D eigenvalue weighted by Gasteiger charge is 2.19. The summed E-state index contributed by atoms with van der Waals surface area (Å²) >= 11 is 2.10. The first-order valence-electron chi connectivity index (χ1n) is 5.87.